The Kier molecular flexibility index (Phi) is 6.49. The van der Waals surface area contributed by atoms with E-state index in [1.54, 1.807) is 6.92 Å². The molecule has 0 atom stereocenters. The SMILES string of the molecule is CC(=O)N1CCC(C(=O)NCCCN2CCCCC2)CC1. The summed E-state index contributed by atoms with van der Waals surface area (Å²) in [6, 6.07) is 0. The summed E-state index contributed by atoms with van der Waals surface area (Å²) in [6.07, 6.45) is 6.65. The van der Waals surface area contributed by atoms with E-state index in [0.717, 1.165) is 45.4 Å². The molecule has 2 heterocycles. The molecule has 0 saturated carbocycles. The second-order valence-corrected chi connectivity index (χ2v) is 6.33. The molecule has 0 radical (unpaired) electrons. The quantitative estimate of drug-likeness (QED) is 0.776. The zero-order valence-corrected chi connectivity index (χ0v) is 13.3. The van der Waals surface area contributed by atoms with Crippen molar-refractivity contribution in [2.75, 3.05) is 39.3 Å². The largest absolute Gasteiger partial charge is 0.356 e. The number of nitrogens with zero attached hydrogens (tertiary/aromatic N) is 2. The van der Waals surface area contributed by atoms with Crippen molar-refractivity contribution in [3.05, 3.63) is 0 Å². The van der Waals surface area contributed by atoms with Crippen LogP contribution in [0, 0.1) is 5.92 Å². The van der Waals surface area contributed by atoms with E-state index in [9.17, 15) is 9.59 Å². The highest BCUT2D eigenvalue weighted by Crippen LogP contribution is 2.17. The van der Waals surface area contributed by atoms with Crippen LogP contribution in [0.3, 0.4) is 0 Å². The number of hydrogen-bond donors (Lipinski definition) is 1. The summed E-state index contributed by atoms with van der Waals surface area (Å²) in [5, 5.41) is 3.07. The topological polar surface area (TPSA) is 52.7 Å². The van der Waals surface area contributed by atoms with Crippen LogP contribution in [0.2, 0.25) is 0 Å². The van der Waals surface area contributed by atoms with Crippen LogP contribution < -0.4 is 5.32 Å². The number of piperidine rings is 2. The Bertz CT molecular complexity index is 345. The van der Waals surface area contributed by atoms with Crippen molar-refractivity contribution in [3.8, 4) is 0 Å². The fourth-order valence-corrected chi connectivity index (χ4v) is 3.30. The van der Waals surface area contributed by atoms with Crippen LogP contribution in [0.4, 0.5) is 0 Å². The highest BCUT2D eigenvalue weighted by Gasteiger charge is 2.25. The minimum Gasteiger partial charge on any atom is -0.356 e. The molecule has 21 heavy (non-hydrogen) atoms. The Morgan fingerprint density at radius 1 is 1.05 bits per heavy atom. The van der Waals surface area contributed by atoms with Crippen LogP contribution in [0.1, 0.15) is 45.4 Å². The Morgan fingerprint density at radius 3 is 2.33 bits per heavy atom. The number of carbonyl (C=O) groups is 2. The van der Waals surface area contributed by atoms with Gasteiger partial charge >= 0.3 is 0 Å². The summed E-state index contributed by atoms with van der Waals surface area (Å²) in [5.41, 5.74) is 0. The normalized spacial score (nSPS) is 21.3. The average molecular weight is 295 g/mol. The van der Waals surface area contributed by atoms with Crippen molar-refractivity contribution in [2.24, 2.45) is 5.92 Å². The summed E-state index contributed by atoms with van der Waals surface area (Å²) in [5.74, 6) is 0.392. The molecule has 0 aliphatic carbocycles. The van der Waals surface area contributed by atoms with Crippen LogP contribution >= 0.6 is 0 Å². The van der Waals surface area contributed by atoms with E-state index in [4.69, 9.17) is 0 Å². The minimum absolute atomic E-state index is 0.0931. The maximum Gasteiger partial charge on any atom is 0.223 e. The molecule has 2 aliphatic heterocycles. The van der Waals surface area contributed by atoms with Crippen molar-refractivity contribution < 1.29 is 9.59 Å². The third kappa shape index (κ3) is 5.30. The maximum absolute atomic E-state index is 12.1. The molecular weight excluding hydrogens is 266 g/mol. The van der Waals surface area contributed by atoms with Gasteiger partial charge in [0.2, 0.25) is 11.8 Å². The zero-order chi connectivity index (χ0) is 15.1. The second-order valence-electron chi connectivity index (χ2n) is 6.33. The molecule has 0 aromatic carbocycles. The van der Waals surface area contributed by atoms with E-state index in [1.165, 1.54) is 32.4 Å². The van der Waals surface area contributed by atoms with Crippen LogP contribution in [-0.2, 0) is 9.59 Å². The number of rotatable bonds is 5. The first-order valence-corrected chi connectivity index (χ1v) is 8.42. The standard InChI is InChI=1S/C16H29N3O2/c1-14(20)19-12-6-15(7-13-19)16(21)17-8-5-11-18-9-3-2-4-10-18/h15H,2-13H2,1H3,(H,17,21). The van der Waals surface area contributed by atoms with Gasteiger partial charge in [-0.05, 0) is 51.7 Å². The molecule has 2 fully saturated rings. The molecular formula is C16H29N3O2. The fourth-order valence-electron chi connectivity index (χ4n) is 3.30. The van der Waals surface area contributed by atoms with Gasteiger partial charge in [0.1, 0.15) is 0 Å². The monoisotopic (exact) mass is 295 g/mol. The molecule has 5 nitrogen and oxygen atoms in total. The molecule has 1 N–H and O–H groups in total. The molecule has 0 spiro atoms. The van der Waals surface area contributed by atoms with E-state index in [1.807, 2.05) is 4.90 Å². The van der Waals surface area contributed by atoms with Crippen LogP contribution in [0.15, 0.2) is 0 Å². The van der Waals surface area contributed by atoms with E-state index >= 15 is 0 Å². The Labute approximate surface area is 128 Å². The Hall–Kier alpha value is -1.10. The highest BCUT2D eigenvalue weighted by molar-refractivity contribution is 5.79. The van der Waals surface area contributed by atoms with E-state index < -0.39 is 0 Å². The summed E-state index contributed by atoms with van der Waals surface area (Å²) >= 11 is 0. The summed E-state index contributed by atoms with van der Waals surface area (Å²) < 4.78 is 0. The predicted octanol–water partition coefficient (Wildman–Crippen LogP) is 1.24. The number of amides is 2. The third-order valence-electron chi connectivity index (χ3n) is 4.71. The summed E-state index contributed by atoms with van der Waals surface area (Å²) in [4.78, 5) is 27.7. The van der Waals surface area contributed by atoms with Gasteiger partial charge in [0.05, 0.1) is 0 Å². The Balaban J connectivity index is 1.56. The fraction of sp³-hybridized carbons (Fsp3) is 0.875. The minimum atomic E-state index is 0.0931. The number of hydrogen-bond acceptors (Lipinski definition) is 3. The van der Waals surface area contributed by atoms with Crippen LogP contribution in [-0.4, -0.2) is 60.9 Å². The third-order valence-corrected chi connectivity index (χ3v) is 4.71. The smallest absolute Gasteiger partial charge is 0.223 e. The first-order chi connectivity index (χ1) is 10.2. The van der Waals surface area contributed by atoms with E-state index in [0.29, 0.717) is 0 Å². The molecule has 2 saturated heterocycles. The lowest BCUT2D eigenvalue weighted by atomic mass is 9.96. The van der Waals surface area contributed by atoms with Crippen LogP contribution in [0.5, 0.6) is 0 Å². The van der Waals surface area contributed by atoms with Gasteiger partial charge < -0.3 is 15.1 Å². The number of carbonyl (C=O) groups excluding carboxylic acids is 2. The average Bonchev–Trinajstić information content (AvgIpc) is 2.52. The lowest BCUT2D eigenvalue weighted by Crippen LogP contribution is -2.42. The molecule has 5 heteroatoms. The molecule has 0 bridgehead atoms. The molecule has 0 aromatic heterocycles. The van der Waals surface area contributed by atoms with Crippen molar-refractivity contribution in [1.82, 2.24) is 15.1 Å². The second kappa shape index (κ2) is 8.37. The van der Waals surface area contributed by atoms with Gasteiger partial charge in [0, 0.05) is 32.5 Å². The number of likely N-dealkylation sites (tertiary alicyclic amines) is 2. The Morgan fingerprint density at radius 2 is 1.71 bits per heavy atom. The summed E-state index contributed by atoms with van der Waals surface area (Å²) in [6.45, 7) is 7.36. The van der Waals surface area contributed by atoms with Gasteiger partial charge in [-0.25, -0.2) is 0 Å². The molecule has 120 valence electrons. The number of nitrogens with one attached hydrogen (secondary N) is 1. The molecule has 2 rings (SSSR count). The highest BCUT2D eigenvalue weighted by atomic mass is 16.2. The lowest BCUT2D eigenvalue weighted by Gasteiger charge is -2.30. The van der Waals surface area contributed by atoms with Gasteiger partial charge in [0.15, 0.2) is 0 Å². The van der Waals surface area contributed by atoms with Crippen molar-refractivity contribution >= 4 is 11.8 Å². The van der Waals surface area contributed by atoms with Crippen LogP contribution in [0.25, 0.3) is 0 Å². The zero-order valence-electron chi connectivity index (χ0n) is 13.3. The molecule has 2 aliphatic rings. The van der Waals surface area contributed by atoms with Gasteiger partial charge in [-0.3, -0.25) is 9.59 Å². The maximum atomic E-state index is 12.1. The van der Waals surface area contributed by atoms with Gasteiger partial charge in [-0.2, -0.15) is 0 Å². The van der Waals surface area contributed by atoms with Gasteiger partial charge in [0.25, 0.3) is 0 Å². The predicted molar refractivity (Wildman–Crippen MR) is 82.9 cm³/mol. The van der Waals surface area contributed by atoms with Gasteiger partial charge in [-0.1, -0.05) is 6.42 Å². The van der Waals surface area contributed by atoms with Crippen molar-refractivity contribution in [2.45, 2.75) is 45.4 Å². The van der Waals surface area contributed by atoms with Crippen molar-refractivity contribution in [1.29, 1.82) is 0 Å². The van der Waals surface area contributed by atoms with Crippen molar-refractivity contribution in [3.63, 3.8) is 0 Å². The molecule has 0 aromatic rings. The summed E-state index contributed by atoms with van der Waals surface area (Å²) in [7, 11) is 0. The lowest BCUT2D eigenvalue weighted by molar-refractivity contribution is -0.133. The van der Waals surface area contributed by atoms with Gasteiger partial charge in [-0.15, -0.1) is 0 Å². The molecule has 0 unspecified atom stereocenters. The first kappa shape index (κ1) is 16.3. The van der Waals surface area contributed by atoms with E-state index in [-0.39, 0.29) is 17.7 Å². The van der Waals surface area contributed by atoms with E-state index in [2.05, 4.69) is 10.2 Å². The molecule has 2 amide bonds. The first-order valence-electron chi connectivity index (χ1n) is 8.42.